The summed E-state index contributed by atoms with van der Waals surface area (Å²) >= 11 is 5.89. The Labute approximate surface area is 182 Å². The number of carbonyl (C=O) groups excluding carboxylic acids is 2. The molecular formula is C22H25Cl2N3O2. The molecule has 2 atom stereocenters. The Morgan fingerprint density at radius 3 is 2.24 bits per heavy atom. The highest BCUT2D eigenvalue weighted by molar-refractivity contribution is 6.30. The van der Waals surface area contributed by atoms with Crippen molar-refractivity contribution in [1.82, 2.24) is 10.2 Å². The highest BCUT2D eigenvalue weighted by Gasteiger charge is 2.32. The first-order valence-electron chi connectivity index (χ1n) is 9.78. The maximum atomic E-state index is 13.2. The summed E-state index contributed by atoms with van der Waals surface area (Å²) in [5.41, 5.74) is 1.58. The van der Waals surface area contributed by atoms with Crippen LogP contribution in [0, 0.1) is 11.8 Å². The maximum Gasteiger partial charge on any atom is 0.255 e. The Balaban J connectivity index is 0.00000240. The van der Waals surface area contributed by atoms with Crippen molar-refractivity contribution in [2.24, 2.45) is 11.8 Å². The summed E-state index contributed by atoms with van der Waals surface area (Å²) in [6.07, 6.45) is 2.06. The molecule has 2 aromatic carbocycles. The second kappa shape index (κ2) is 9.61. The maximum absolute atomic E-state index is 13.2. The molecule has 0 aliphatic carbocycles. The number of benzene rings is 2. The first kappa shape index (κ1) is 21.6. The molecule has 154 valence electrons. The Kier molecular flexibility index (Phi) is 7.17. The van der Waals surface area contributed by atoms with E-state index in [1.807, 2.05) is 17.0 Å². The number of fused-ring (bicyclic) bond motifs is 1. The highest BCUT2D eigenvalue weighted by atomic mass is 35.5. The molecule has 0 saturated carbocycles. The predicted molar refractivity (Wildman–Crippen MR) is 118 cm³/mol. The number of nitrogens with one attached hydrogen (secondary N) is 2. The van der Waals surface area contributed by atoms with Gasteiger partial charge >= 0.3 is 0 Å². The smallest absolute Gasteiger partial charge is 0.255 e. The van der Waals surface area contributed by atoms with Crippen LogP contribution in [-0.2, 0) is 0 Å². The Morgan fingerprint density at radius 1 is 0.966 bits per heavy atom. The van der Waals surface area contributed by atoms with Gasteiger partial charge in [0.15, 0.2) is 0 Å². The standard InChI is InChI=1S/C22H24ClN3O2.ClH/c23-18-7-5-15(6-8-18)21(27)25-20-4-2-1-3-19(20)22(28)26-11-9-16-13-24-14-17(16)10-12-26;/h1-8,16-17,24H,9-14H2,(H,25,27);1H/t16-,17+;. The van der Waals surface area contributed by atoms with E-state index in [2.05, 4.69) is 10.6 Å². The molecule has 2 aliphatic heterocycles. The summed E-state index contributed by atoms with van der Waals surface area (Å²) in [6.45, 7) is 3.64. The molecule has 0 spiro atoms. The summed E-state index contributed by atoms with van der Waals surface area (Å²) in [5.74, 6) is 1.06. The largest absolute Gasteiger partial charge is 0.339 e. The molecule has 2 fully saturated rings. The van der Waals surface area contributed by atoms with Crippen molar-refractivity contribution in [2.75, 3.05) is 31.5 Å². The number of halogens is 2. The van der Waals surface area contributed by atoms with E-state index in [1.54, 1.807) is 36.4 Å². The van der Waals surface area contributed by atoms with Crippen molar-refractivity contribution in [1.29, 1.82) is 0 Å². The predicted octanol–water partition coefficient (Wildman–Crippen LogP) is 4.09. The van der Waals surface area contributed by atoms with E-state index in [0.29, 0.717) is 33.7 Å². The van der Waals surface area contributed by atoms with Crippen molar-refractivity contribution in [3.63, 3.8) is 0 Å². The van der Waals surface area contributed by atoms with Gasteiger partial charge in [-0.1, -0.05) is 23.7 Å². The average molecular weight is 434 g/mol. The monoisotopic (exact) mass is 433 g/mol. The molecule has 2 amide bonds. The number of nitrogens with zero attached hydrogens (tertiary/aromatic N) is 1. The van der Waals surface area contributed by atoms with Crippen LogP contribution in [0.1, 0.15) is 33.6 Å². The Hall–Kier alpha value is -2.08. The molecule has 4 rings (SSSR count). The van der Waals surface area contributed by atoms with Crippen LogP contribution in [0.15, 0.2) is 48.5 Å². The summed E-state index contributed by atoms with van der Waals surface area (Å²) in [7, 11) is 0. The normalized spacial score (nSPS) is 20.9. The molecule has 2 aliphatic rings. The number of hydrogen-bond acceptors (Lipinski definition) is 3. The fourth-order valence-electron chi connectivity index (χ4n) is 4.17. The van der Waals surface area contributed by atoms with Gasteiger partial charge in [0.2, 0.25) is 0 Å². The van der Waals surface area contributed by atoms with Gasteiger partial charge in [-0.25, -0.2) is 0 Å². The molecule has 2 saturated heterocycles. The summed E-state index contributed by atoms with van der Waals surface area (Å²) in [6, 6.07) is 13.9. The van der Waals surface area contributed by atoms with Gasteiger partial charge in [-0.05, 0) is 74.2 Å². The zero-order valence-corrected chi connectivity index (χ0v) is 17.6. The van der Waals surface area contributed by atoms with E-state index in [9.17, 15) is 9.59 Å². The van der Waals surface area contributed by atoms with Gasteiger partial charge < -0.3 is 15.5 Å². The highest BCUT2D eigenvalue weighted by Crippen LogP contribution is 2.28. The van der Waals surface area contributed by atoms with Crippen LogP contribution < -0.4 is 10.6 Å². The molecule has 2 aromatic rings. The molecule has 0 radical (unpaired) electrons. The minimum atomic E-state index is -0.256. The molecule has 29 heavy (non-hydrogen) atoms. The Bertz CT molecular complexity index is 859. The minimum Gasteiger partial charge on any atom is -0.339 e. The third kappa shape index (κ3) is 4.92. The topological polar surface area (TPSA) is 61.4 Å². The number of rotatable bonds is 3. The van der Waals surface area contributed by atoms with Crippen LogP contribution in [0.4, 0.5) is 5.69 Å². The van der Waals surface area contributed by atoms with E-state index >= 15 is 0 Å². The SMILES string of the molecule is Cl.O=C(Nc1ccccc1C(=O)N1CC[C@@H]2CNC[C@@H]2CC1)c1ccc(Cl)cc1. The average Bonchev–Trinajstić information content (AvgIpc) is 3.06. The molecule has 2 N–H and O–H groups in total. The van der Waals surface area contributed by atoms with Crippen molar-refractivity contribution >= 4 is 41.5 Å². The molecule has 0 unspecified atom stereocenters. The summed E-state index contributed by atoms with van der Waals surface area (Å²) in [4.78, 5) is 27.7. The lowest BCUT2D eigenvalue weighted by Crippen LogP contribution is -2.33. The second-order valence-corrected chi connectivity index (χ2v) is 7.99. The fourth-order valence-corrected chi connectivity index (χ4v) is 4.29. The molecule has 2 heterocycles. The third-order valence-electron chi connectivity index (χ3n) is 5.82. The molecule has 5 nitrogen and oxygen atoms in total. The van der Waals surface area contributed by atoms with Gasteiger partial charge in [-0.3, -0.25) is 9.59 Å². The fraction of sp³-hybridized carbons (Fsp3) is 0.364. The number of para-hydroxylation sites is 1. The Morgan fingerprint density at radius 2 is 1.59 bits per heavy atom. The number of anilines is 1. The van der Waals surface area contributed by atoms with Gasteiger partial charge in [0.1, 0.15) is 0 Å². The van der Waals surface area contributed by atoms with Gasteiger partial charge in [-0.15, -0.1) is 12.4 Å². The van der Waals surface area contributed by atoms with Crippen molar-refractivity contribution in [3.05, 3.63) is 64.7 Å². The quantitative estimate of drug-likeness (QED) is 0.765. The lowest BCUT2D eigenvalue weighted by Gasteiger charge is -2.22. The van der Waals surface area contributed by atoms with Crippen LogP contribution in [-0.4, -0.2) is 42.9 Å². The van der Waals surface area contributed by atoms with Crippen LogP contribution in [0.5, 0.6) is 0 Å². The van der Waals surface area contributed by atoms with Crippen molar-refractivity contribution < 1.29 is 9.59 Å². The number of amides is 2. The third-order valence-corrected chi connectivity index (χ3v) is 6.07. The van der Waals surface area contributed by atoms with Gasteiger partial charge in [0.05, 0.1) is 11.3 Å². The van der Waals surface area contributed by atoms with Crippen molar-refractivity contribution in [2.45, 2.75) is 12.8 Å². The molecule has 7 heteroatoms. The van der Waals surface area contributed by atoms with E-state index in [0.717, 1.165) is 39.0 Å². The van der Waals surface area contributed by atoms with Crippen molar-refractivity contribution in [3.8, 4) is 0 Å². The zero-order valence-electron chi connectivity index (χ0n) is 16.1. The minimum absolute atomic E-state index is 0. The number of likely N-dealkylation sites (tertiary alicyclic amines) is 1. The molecule has 0 aromatic heterocycles. The van der Waals surface area contributed by atoms with Crippen LogP contribution >= 0.6 is 24.0 Å². The van der Waals surface area contributed by atoms with Crippen LogP contribution in [0.2, 0.25) is 5.02 Å². The molecule has 0 bridgehead atoms. The first-order valence-corrected chi connectivity index (χ1v) is 10.2. The van der Waals surface area contributed by atoms with E-state index in [1.165, 1.54) is 0 Å². The lowest BCUT2D eigenvalue weighted by atomic mass is 9.92. The lowest BCUT2D eigenvalue weighted by molar-refractivity contribution is 0.0759. The summed E-state index contributed by atoms with van der Waals surface area (Å²) in [5, 5.41) is 6.92. The van der Waals surface area contributed by atoms with Crippen LogP contribution in [0.3, 0.4) is 0 Å². The van der Waals surface area contributed by atoms with E-state index < -0.39 is 0 Å². The molecular weight excluding hydrogens is 409 g/mol. The van der Waals surface area contributed by atoms with E-state index in [-0.39, 0.29) is 24.2 Å². The number of hydrogen-bond donors (Lipinski definition) is 2. The van der Waals surface area contributed by atoms with Gasteiger partial charge in [-0.2, -0.15) is 0 Å². The van der Waals surface area contributed by atoms with Gasteiger partial charge in [0.25, 0.3) is 11.8 Å². The summed E-state index contributed by atoms with van der Waals surface area (Å²) < 4.78 is 0. The van der Waals surface area contributed by atoms with Crippen LogP contribution in [0.25, 0.3) is 0 Å². The van der Waals surface area contributed by atoms with E-state index in [4.69, 9.17) is 11.6 Å². The zero-order chi connectivity index (χ0) is 19.5. The van der Waals surface area contributed by atoms with Gasteiger partial charge in [0, 0.05) is 23.7 Å². The second-order valence-electron chi connectivity index (χ2n) is 7.55. The number of carbonyl (C=O) groups is 2. The first-order chi connectivity index (χ1) is 13.6.